The molecule has 0 atom stereocenters. The molecule has 0 aromatic rings. The normalized spacial score (nSPS) is 21.3. The maximum Gasteiger partial charge on any atom is 0 e. The molecule has 0 unspecified atom stereocenters. The van der Waals surface area contributed by atoms with Crippen molar-refractivity contribution < 1.29 is 10.7 Å². The molecule has 6 heteroatoms. The summed E-state index contributed by atoms with van der Waals surface area (Å²) in [6.07, 6.45) is 0. The van der Waals surface area contributed by atoms with Gasteiger partial charge in [0, 0.05) is 29.6 Å². The van der Waals surface area contributed by atoms with Gasteiger partial charge in [-0.05, 0) is 0 Å². The van der Waals surface area contributed by atoms with Crippen molar-refractivity contribution in [1.29, 1.82) is 0 Å². The quantitative estimate of drug-likeness (QED) is 0.440. The van der Waals surface area contributed by atoms with Crippen LogP contribution in [0.2, 0.25) is 0 Å². The van der Waals surface area contributed by atoms with E-state index in [9.17, 15) is 4.21 Å². The summed E-state index contributed by atoms with van der Waals surface area (Å²) in [7, 11) is 0. The summed E-state index contributed by atoms with van der Waals surface area (Å²) in [6.45, 7) is 0. The largest absolute Gasteiger partial charge is 0 e. The molecule has 0 bridgehead atoms. The van der Waals surface area contributed by atoms with Gasteiger partial charge in [0.25, 0.3) is 0 Å². The van der Waals surface area contributed by atoms with Crippen molar-refractivity contribution in [1.82, 2.24) is 0 Å². The standard InChI is InChI=1S/Na.O3SSe/c;1-4-2-5-3-4. The van der Waals surface area contributed by atoms with Crippen LogP contribution in [0.4, 0.5) is 0 Å². The van der Waals surface area contributed by atoms with Gasteiger partial charge < -0.3 is 0 Å². The van der Waals surface area contributed by atoms with Gasteiger partial charge in [-0.25, -0.2) is 0 Å². The molecule has 1 fully saturated rings. The Morgan fingerprint density at radius 1 is 1.50 bits per heavy atom. The van der Waals surface area contributed by atoms with E-state index in [-0.39, 0.29) is 45.2 Å². The molecule has 1 aliphatic heterocycles. The van der Waals surface area contributed by atoms with Crippen LogP contribution in [0, 0.1) is 0 Å². The minimum absolute atomic E-state index is 0. The van der Waals surface area contributed by atoms with E-state index in [1.165, 1.54) is 0 Å². The van der Waals surface area contributed by atoms with Crippen LogP contribution in [0.3, 0.4) is 0 Å². The summed E-state index contributed by atoms with van der Waals surface area (Å²) < 4.78 is 18.1. The Labute approximate surface area is 66.7 Å². The van der Waals surface area contributed by atoms with E-state index < -0.39 is 11.4 Å². The fraction of sp³-hybridized carbons (Fsp3) is 0. The van der Waals surface area contributed by atoms with Crippen molar-refractivity contribution in [3.63, 3.8) is 0 Å². The molecular weight excluding hydrogens is 182 g/mol. The Balaban J connectivity index is 0.000000250. The summed E-state index contributed by atoms with van der Waals surface area (Å²) >= 11 is -1.60. The smallest absolute Gasteiger partial charge is 0 e. The molecule has 0 spiro atoms. The summed E-state index contributed by atoms with van der Waals surface area (Å²) in [4.78, 5) is 0. The molecule has 0 saturated carbocycles. The van der Waals surface area contributed by atoms with Crippen molar-refractivity contribution >= 4 is 56.5 Å². The average Bonchev–Trinajstić information content (AvgIpc) is 1.30. The third kappa shape index (κ3) is 2.04. The summed E-state index contributed by atoms with van der Waals surface area (Å²) in [5.41, 5.74) is 0. The van der Waals surface area contributed by atoms with Gasteiger partial charge in [-0.3, -0.25) is 0 Å². The predicted octanol–water partition coefficient (Wildman–Crippen LogP) is -1.23. The minimum atomic E-state index is -1.36. The second-order valence-electron chi connectivity index (χ2n) is 0.408. The van der Waals surface area contributed by atoms with Gasteiger partial charge in [0.1, 0.15) is 0 Å². The zero-order valence-corrected chi connectivity index (χ0v) is 7.57. The zero-order valence-electron chi connectivity index (χ0n) is 3.04. The van der Waals surface area contributed by atoms with E-state index in [2.05, 4.69) is 6.53 Å². The van der Waals surface area contributed by atoms with Crippen molar-refractivity contribution in [3.8, 4) is 0 Å². The van der Waals surface area contributed by atoms with Crippen molar-refractivity contribution in [2.75, 3.05) is 0 Å². The Hall–Kier alpha value is 1.59. The average molecular weight is 182 g/mol. The third-order valence-electron chi connectivity index (χ3n) is 0.167. The Bertz CT molecular complexity index is 57.8. The Morgan fingerprint density at radius 2 is 1.83 bits per heavy atom. The molecule has 0 N–H and O–H groups in total. The second-order valence-corrected chi connectivity index (χ2v) is 3.09. The van der Waals surface area contributed by atoms with Gasteiger partial charge in [-0.1, -0.05) is 0 Å². The number of rotatable bonds is 0. The van der Waals surface area contributed by atoms with Crippen LogP contribution in [0.25, 0.3) is 0 Å². The molecule has 1 heterocycles. The van der Waals surface area contributed by atoms with Crippen LogP contribution in [0.15, 0.2) is 0 Å². The van der Waals surface area contributed by atoms with Crippen LogP contribution in [-0.2, 0) is 17.9 Å². The molecule has 1 rings (SSSR count). The first-order valence-electron chi connectivity index (χ1n) is 0.833. The third-order valence-corrected chi connectivity index (χ3v) is 2.60. The van der Waals surface area contributed by atoms with E-state index in [0.717, 1.165) is 0 Å². The van der Waals surface area contributed by atoms with E-state index in [1.807, 2.05) is 0 Å². The van der Waals surface area contributed by atoms with Crippen molar-refractivity contribution in [2.45, 2.75) is 0 Å². The number of hydrogen-bond acceptors (Lipinski definition) is 3. The monoisotopic (exact) mass is 183 g/mol. The SMILES string of the molecule is O=S1O[Se]O1.[Na]. The summed E-state index contributed by atoms with van der Waals surface area (Å²) in [5, 5.41) is 0. The van der Waals surface area contributed by atoms with Crippen molar-refractivity contribution in [2.24, 2.45) is 0 Å². The first-order valence-corrected chi connectivity index (χ1v) is 3.23. The molecule has 0 aliphatic carbocycles. The van der Waals surface area contributed by atoms with Gasteiger partial charge >= 0.3 is 37.7 Å². The molecule has 6 heavy (non-hydrogen) atoms. The summed E-state index contributed by atoms with van der Waals surface area (Å²) in [5.74, 6) is 0. The molecule has 0 amide bonds. The van der Waals surface area contributed by atoms with Crippen LogP contribution in [0.1, 0.15) is 0 Å². The van der Waals surface area contributed by atoms with Gasteiger partial charge in [0.05, 0.1) is 0 Å². The van der Waals surface area contributed by atoms with Gasteiger partial charge in [0.2, 0.25) is 0 Å². The minimum Gasteiger partial charge on any atom is 0 e. The summed E-state index contributed by atoms with van der Waals surface area (Å²) in [6, 6.07) is 0. The fourth-order valence-electron chi connectivity index (χ4n) is 0.0505. The van der Waals surface area contributed by atoms with Crippen LogP contribution < -0.4 is 0 Å². The maximum atomic E-state index is 9.58. The molecule has 3 nitrogen and oxygen atoms in total. The predicted molar refractivity (Wildman–Crippen MR) is 21.8 cm³/mol. The Kier molecular flexibility index (Phi) is 4.52. The van der Waals surface area contributed by atoms with Gasteiger partial charge in [-0.15, -0.1) is 0 Å². The van der Waals surface area contributed by atoms with Crippen molar-refractivity contribution in [3.05, 3.63) is 0 Å². The molecular formula is NaO3SSe. The Morgan fingerprint density at radius 3 is 1.83 bits per heavy atom. The first-order chi connectivity index (χ1) is 2.39. The molecule has 0 aromatic heterocycles. The van der Waals surface area contributed by atoms with Crippen LogP contribution in [-0.4, -0.2) is 49.4 Å². The molecule has 1 radical (unpaired) electrons. The van der Waals surface area contributed by atoms with E-state index >= 15 is 0 Å². The number of hydrogen-bond donors (Lipinski definition) is 0. The molecule has 1 saturated heterocycles. The van der Waals surface area contributed by atoms with Gasteiger partial charge in [0.15, 0.2) is 0 Å². The van der Waals surface area contributed by atoms with Crippen LogP contribution in [0.5, 0.6) is 0 Å². The second kappa shape index (κ2) is 3.57. The van der Waals surface area contributed by atoms with Gasteiger partial charge in [-0.2, -0.15) is 0 Å². The maximum absolute atomic E-state index is 9.58. The first kappa shape index (κ1) is 7.59. The topological polar surface area (TPSA) is 35.5 Å². The van der Waals surface area contributed by atoms with E-state index in [0.29, 0.717) is 0 Å². The zero-order chi connectivity index (χ0) is 3.70. The molecule has 1 aliphatic rings. The molecule has 31 valence electrons. The van der Waals surface area contributed by atoms with Crippen LogP contribution >= 0.6 is 0 Å². The molecule has 0 aromatic carbocycles. The van der Waals surface area contributed by atoms with E-state index in [4.69, 9.17) is 0 Å². The fourth-order valence-corrected chi connectivity index (χ4v) is 0.787. The van der Waals surface area contributed by atoms with E-state index in [1.54, 1.807) is 0 Å².